The fraction of sp³-hybridized carbons (Fsp3) is 0.167. The molecule has 3 aromatic rings. The second-order valence-corrected chi connectivity index (χ2v) is 4.87. The van der Waals surface area contributed by atoms with E-state index in [0.717, 1.165) is 0 Å². The van der Waals surface area contributed by atoms with E-state index in [1.165, 1.54) is 14.2 Å². The van der Waals surface area contributed by atoms with Gasteiger partial charge in [-0.3, -0.25) is 4.79 Å². The van der Waals surface area contributed by atoms with E-state index in [2.05, 4.69) is 0 Å². The lowest BCUT2D eigenvalue weighted by Crippen LogP contribution is -1.98. The number of carbonyl (C=O) groups is 1. The summed E-state index contributed by atoms with van der Waals surface area (Å²) in [5.74, 6) is 1.38. The molecule has 1 heterocycles. The first-order valence-corrected chi connectivity index (χ1v) is 7.01. The Bertz CT molecular complexity index is 849. The fourth-order valence-corrected chi connectivity index (χ4v) is 2.49. The first-order valence-electron chi connectivity index (χ1n) is 7.01. The largest absolute Gasteiger partial charge is 0.493 e. The molecule has 0 amide bonds. The molecule has 0 radical (unpaired) electrons. The van der Waals surface area contributed by atoms with Crippen LogP contribution in [0.1, 0.15) is 16.1 Å². The average molecular weight is 312 g/mol. The summed E-state index contributed by atoms with van der Waals surface area (Å²) in [5.41, 5.74) is 1.01. The van der Waals surface area contributed by atoms with Gasteiger partial charge in [-0.15, -0.1) is 0 Å². The Morgan fingerprint density at radius 3 is 2.22 bits per heavy atom. The predicted octanol–water partition coefficient (Wildman–Crippen LogP) is 3.69. The van der Waals surface area contributed by atoms with Gasteiger partial charge in [0, 0.05) is 10.9 Å². The van der Waals surface area contributed by atoms with Crippen molar-refractivity contribution in [2.75, 3.05) is 21.3 Å². The maximum atomic E-state index is 12.5. The van der Waals surface area contributed by atoms with Crippen LogP contribution in [-0.2, 0) is 0 Å². The van der Waals surface area contributed by atoms with Crippen LogP contribution in [0.25, 0.3) is 11.0 Å². The van der Waals surface area contributed by atoms with Crippen LogP contribution in [0, 0.1) is 0 Å². The molecule has 0 atom stereocenters. The standard InChI is InChI=1S/C18H16O5/c1-20-14-10-12-9-13(15(19)11-7-5-4-6-8-11)23-16(12)18(22-3)17(14)21-2/h4-10H,1-3H3. The molecular weight excluding hydrogens is 296 g/mol. The van der Waals surface area contributed by atoms with Gasteiger partial charge in [-0.05, 0) is 12.1 Å². The zero-order chi connectivity index (χ0) is 16.4. The highest BCUT2D eigenvalue weighted by molar-refractivity contribution is 6.09. The van der Waals surface area contributed by atoms with Gasteiger partial charge in [0.25, 0.3) is 0 Å². The summed E-state index contributed by atoms with van der Waals surface area (Å²) < 4.78 is 21.8. The van der Waals surface area contributed by atoms with Crippen molar-refractivity contribution < 1.29 is 23.4 Å². The van der Waals surface area contributed by atoms with E-state index in [0.29, 0.717) is 33.8 Å². The van der Waals surface area contributed by atoms with E-state index in [-0.39, 0.29) is 11.5 Å². The van der Waals surface area contributed by atoms with Crippen LogP contribution in [0.15, 0.2) is 46.9 Å². The number of hydrogen-bond acceptors (Lipinski definition) is 5. The minimum Gasteiger partial charge on any atom is -0.493 e. The predicted molar refractivity (Wildman–Crippen MR) is 85.7 cm³/mol. The molecule has 0 unspecified atom stereocenters. The van der Waals surface area contributed by atoms with Crippen molar-refractivity contribution in [2.45, 2.75) is 0 Å². The van der Waals surface area contributed by atoms with Gasteiger partial charge in [0.2, 0.25) is 17.3 Å². The van der Waals surface area contributed by atoms with E-state index in [1.807, 2.05) is 18.2 Å². The Hall–Kier alpha value is -2.95. The summed E-state index contributed by atoms with van der Waals surface area (Å²) in [5, 5.41) is 0.707. The second kappa shape index (κ2) is 6.04. The molecule has 5 nitrogen and oxygen atoms in total. The minimum absolute atomic E-state index is 0.193. The molecule has 0 saturated carbocycles. The number of ether oxygens (including phenoxy) is 3. The number of fused-ring (bicyclic) bond motifs is 1. The number of methoxy groups -OCH3 is 3. The van der Waals surface area contributed by atoms with Crippen molar-refractivity contribution in [1.82, 2.24) is 0 Å². The summed E-state index contributed by atoms with van der Waals surface area (Å²) in [6, 6.07) is 12.4. The molecule has 0 spiro atoms. The van der Waals surface area contributed by atoms with Crippen LogP contribution >= 0.6 is 0 Å². The molecule has 0 bridgehead atoms. The SMILES string of the molecule is COc1cc2cc(C(=O)c3ccccc3)oc2c(OC)c1OC. The summed E-state index contributed by atoms with van der Waals surface area (Å²) in [6.07, 6.45) is 0. The van der Waals surface area contributed by atoms with E-state index in [9.17, 15) is 4.79 Å². The number of furan rings is 1. The zero-order valence-electron chi connectivity index (χ0n) is 13.1. The molecule has 118 valence electrons. The molecule has 2 aromatic carbocycles. The number of carbonyl (C=O) groups excluding carboxylic acids is 1. The van der Waals surface area contributed by atoms with Crippen LogP contribution in [0.2, 0.25) is 0 Å². The van der Waals surface area contributed by atoms with Gasteiger partial charge in [-0.1, -0.05) is 30.3 Å². The maximum absolute atomic E-state index is 12.5. The van der Waals surface area contributed by atoms with Gasteiger partial charge in [0.1, 0.15) is 0 Å². The third-order valence-corrected chi connectivity index (χ3v) is 3.57. The van der Waals surface area contributed by atoms with Gasteiger partial charge in [0.05, 0.1) is 21.3 Å². The third kappa shape index (κ3) is 2.50. The van der Waals surface area contributed by atoms with Crippen molar-refractivity contribution in [3.8, 4) is 17.2 Å². The zero-order valence-corrected chi connectivity index (χ0v) is 13.1. The van der Waals surface area contributed by atoms with Crippen LogP contribution in [0.3, 0.4) is 0 Å². The maximum Gasteiger partial charge on any atom is 0.228 e. The summed E-state index contributed by atoms with van der Waals surface area (Å²) >= 11 is 0. The highest BCUT2D eigenvalue weighted by Crippen LogP contribution is 2.44. The molecule has 5 heteroatoms. The van der Waals surface area contributed by atoms with Gasteiger partial charge < -0.3 is 18.6 Å². The van der Waals surface area contributed by atoms with Crippen molar-refractivity contribution in [3.63, 3.8) is 0 Å². The van der Waals surface area contributed by atoms with Gasteiger partial charge >= 0.3 is 0 Å². The van der Waals surface area contributed by atoms with Crippen molar-refractivity contribution in [1.29, 1.82) is 0 Å². The number of rotatable bonds is 5. The number of ketones is 1. The molecule has 23 heavy (non-hydrogen) atoms. The molecule has 0 aliphatic heterocycles. The highest BCUT2D eigenvalue weighted by atomic mass is 16.5. The summed E-state index contributed by atoms with van der Waals surface area (Å²) in [7, 11) is 4.57. The van der Waals surface area contributed by atoms with Crippen LogP contribution in [-0.4, -0.2) is 27.1 Å². The fourth-order valence-electron chi connectivity index (χ4n) is 2.49. The van der Waals surface area contributed by atoms with E-state index < -0.39 is 0 Å². The second-order valence-electron chi connectivity index (χ2n) is 4.87. The smallest absolute Gasteiger partial charge is 0.228 e. The summed E-state index contributed by atoms with van der Waals surface area (Å²) in [6.45, 7) is 0. The lowest BCUT2D eigenvalue weighted by Gasteiger charge is -2.11. The van der Waals surface area contributed by atoms with Gasteiger partial charge in [0.15, 0.2) is 17.1 Å². The Kier molecular flexibility index (Phi) is 3.93. The highest BCUT2D eigenvalue weighted by Gasteiger charge is 2.22. The summed E-state index contributed by atoms with van der Waals surface area (Å²) in [4.78, 5) is 12.5. The van der Waals surface area contributed by atoms with Crippen molar-refractivity contribution in [2.24, 2.45) is 0 Å². The van der Waals surface area contributed by atoms with E-state index >= 15 is 0 Å². The van der Waals surface area contributed by atoms with Crippen molar-refractivity contribution in [3.05, 3.63) is 53.8 Å². The normalized spacial score (nSPS) is 10.6. The van der Waals surface area contributed by atoms with Crippen LogP contribution in [0.5, 0.6) is 17.2 Å². The van der Waals surface area contributed by atoms with Crippen LogP contribution < -0.4 is 14.2 Å². The molecule has 3 rings (SSSR count). The van der Waals surface area contributed by atoms with Gasteiger partial charge in [-0.25, -0.2) is 0 Å². The molecule has 0 aliphatic carbocycles. The molecule has 0 fully saturated rings. The van der Waals surface area contributed by atoms with Crippen molar-refractivity contribution >= 4 is 16.8 Å². The molecular formula is C18H16O5. The molecule has 0 saturated heterocycles. The topological polar surface area (TPSA) is 57.9 Å². The third-order valence-electron chi connectivity index (χ3n) is 3.57. The van der Waals surface area contributed by atoms with Crippen LogP contribution in [0.4, 0.5) is 0 Å². The first-order chi connectivity index (χ1) is 11.2. The average Bonchev–Trinajstić information content (AvgIpc) is 3.03. The Morgan fingerprint density at radius 1 is 0.913 bits per heavy atom. The minimum atomic E-state index is -0.193. The quantitative estimate of drug-likeness (QED) is 0.672. The molecule has 0 N–H and O–H groups in total. The van der Waals surface area contributed by atoms with Gasteiger partial charge in [-0.2, -0.15) is 0 Å². The Labute approximate surface area is 133 Å². The number of hydrogen-bond donors (Lipinski definition) is 0. The lowest BCUT2D eigenvalue weighted by atomic mass is 10.1. The lowest BCUT2D eigenvalue weighted by molar-refractivity contribution is 0.101. The molecule has 1 aromatic heterocycles. The van der Waals surface area contributed by atoms with E-state index in [1.54, 1.807) is 31.4 Å². The molecule has 0 aliphatic rings. The van der Waals surface area contributed by atoms with E-state index in [4.69, 9.17) is 18.6 Å². The Morgan fingerprint density at radius 2 is 1.61 bits per heavy atom. The number of benzene rings is 2. The monoisotopic (exact) mass is 312 g/mol. The Balaban J connectivity index is 2.17. The first kappa shape index (κ1) is 15.0.